The van der Waals surface area contributed by atoms with Gasteiger partial charge in [0.1, 0.15) is 6.61 Å². The van der Waals surface area contributed by atoms with Gasteiger partial charge in [-0.15, -0.1) is 0 Å². The van der Waals surface area contributed by atoms with Crippen LogP contribution in [0.15, 0.2) is 4.47 Å². The van der Waals surface area contributed by atoms with E-state index in [0.717, 1.165) is 22.4 Å². The van der Waals surface area contributed by atoms with E-state index in [2.05, 4.69) is 21.0 Å². The van der Waals surface area contributed by atoms with Crippen LogP contribution < -0.4 is 0 Å². The van der Waals surface area contributed by atoms with Gasteiger partial charge in [0.15, 0.2) is 5.78 Å². The fraction of sp³-hybridized carbons (Fsp3) is 0.667. The van der Waals surface area contributed by atoms with Crippen molar-refractivity contribution >= 4 is 21.7 Å². The van der Waals surface area contributed by atoms with E-state index in [1.54, 1.807) is 0 Å². The van der Waals surface area contributed by atoms with Crippen molar-refractivity contribution in [3.8, 4) is 0 Å². The largest absolute Gasteiger partial charge is 0.371 e. The summed E-state index contributed by atoms with van der Waals surface area (Å²) < 4.78 is 8.08. The van der Waals surface area contributed by atoms with Gasteiger partial charge in [-0.25, -0.2) is 0 Å². The number of carbonyl (C=O) groups is 1. The Morgan fingerprint density at radius 1 is 1.53 bits per heavy atom. The molecule has 5 heteroatoms. The van der Waals surface area contributed by atoms with Crippen molar-refractivity contribution in [2.45, 2.75) is 46.8 Å². The molecular weight excluding hydrogens is 284 g/mol. The van der Waals surface area contributed by atoms with E-state index in [1.165, 1.54) is 0 Å². The molecule has 17 heavy (non-hydrogen) atoms. The Kier molecular flexibility index (Phi) is 5.33. The lowest BCUT2D eigenvalue weighted by Gasteiger charge is -2.08. The SMILES string of the molecule is CCn1nc(C)c(Br)c1CC(=O)COC(C)C. The lowest BCUT2D eigenvalue weighted by Crippen LogP contribution is -2.17. The molecule has 0 unspecified atom stereocenters. The van der Waals surface area contributed by atoms with Crippen LogP contribution in [0.1, 0.15) is 32.2 Å². The van der Waals surface area contributed by atoms with Crippen LogP contribution in [0.4, 0.5) is 0 Å². The molecule has 4 nitrogen and oxygen atoms in total. The third kappa shape index (κ3) is 3.92. The monoisotopic (exact) mass is 302 g/mol. The Morgan fingerprint density at radius 2 is 2.18 bits per heavy atom. The molecule has 1 aromatic rings. The summed E-state index contributed by atoms with van der Waals surface area (Å²) >= 11 is 3.47. The molecule has 1 aromatic heterocycles. The number of carbonyl (C=O) groups excluding carboxylic acids is 1. The summed E-state index contributed by atoms with van der Waals surface area (Å²) in [4.78, 5) is 11.8. The number of aryl methyl sites for hydroxylation is 2. The Balaban J connectivity index is 2.70. The Bertz CT molecular complexity index is 399. The molecule has 0 radical (unpaired) electrons. The number of hydrogen-bond donors (Lipinski definition) is 0. The van der Waals surface area contributed by atoms with Crippen LogP contribution in [0, 0.1) is 6.92 Å². The molecule has 0 N–H and O–H groups in total. The van der Waals surface area contributed by atoms with E-state index in [-0.39, 0.29) is 18.5 Å². The quantitative estimate of drug-likeness (QED) is 0.811. The molecule has 0 saturated carbocycles. The van der Waals surface area contributed by atoms with Crippen molar-refractivity contribution in [2.24, 2.45) is 0 Å². The Morgan fingerprint density at radius 3 is 2.71 bits per heavy atom. The van der Waals surface area contributed by atoms with Gasteiger partial charge >= 0.3 is 0 Å². The molecule has 96 valence electrons. The Labute approximate surface area is 110 Å². The number of hydrogen-bond acceptors (Lipinski definition) is 3. The molecule has 0 aromatic carbocycles. The molecular formula is C12H19BrN2O2. The van der Waals surface area contributed by atoms with E-state index in [0.29, 0.717) is 6.42 Å². The van der Waals surface area contributed by atoms with E-state index in [1.807, 2.05) is 32.4 Å². The molecule has 0 aliphatic heterocycles. The fourth-order valence-electron chi connectivity index (χ4n) is 1.54. The molecule has 1 heterocycles. The van der Waals surface area contributed by atoms with Gasteiger partial charge < -0.3 is 4.74 Å². The summed E-state index contributed by atoms with van der Waals surface area (Å²) in [6.45, 7) is 8.71. The maximum Gasteiger partial charge on any atom is 0.164 e. The highest BCUT2D eigenvalue weighted by Crippen LogP contribution is 2.21. The van der Waals surface area contributed by atoms with Crippen molar-refractivity contribution < 1.29 is 9.53 Å². The smallest absolute Gasteiger partial charge is 0.164 e. The number of rotatable bonds is 6. The highest BCUT2D eigenvalue weighted by molar-refractivity contribution is 9.10. The minimum atomic E-state index is 0.0778. The number of ketones is 1. The predicted molar refractivity (Wildman–Crippen MR) is 70.1 cm³/mol. The summed E-state index contributed by atoms with van der Waals surface area (Å²) in [5, 5.41) is 4.35. The fourth-order valence-corrected chi connectivity index (χ4v) is 1.96. The van der Waals surface area contributed by atoms with Crippen LogP contribution in [0.2, 0.25) is 0 Å². The summed E-state index contributed by atoms with van der Waals surface area (Å²) in [7, 11) is 0. The van der Waals surface area contributed by atoms with Crippen LogP contribution in [0.25, 0.3) is 0 Å². The minimum absolute atomic E-state index is 0.0778. The second-order valence-corrected chi connectivity index (χ2v) is 5.03. The highest BCUT2D eigenvalue weighted by Gasteiger charge is 2.15. The van der Waals surface area contributed by atoms with Crippen molar-refractivity contribution in [3.63, 3.8) is 0 Å². The van der Waals surface area contributed by atoms with Crippen molar-refractivity contribution in [3.05, 3.63) is 15.9 Å². The number of aromatic nitrogens is 2. The van der Waals surface area contributed by atoms with E-state index < -0.39 is 0 Å². The molecule has 0 atom stereocenters. The van der Waals surface area contributed by atoms with Gasteiger partial charge in [-0.1, -0.05) is 0 Å². The standard InChI is InChI=1S/C12H19BrN2O2/c1-5-15-11(12(13)9(4)14-15)6-10(16)7-17-8(2)3/h8H,5-7H2,1-4H3. The molecule has 1 rings (SSSR count). The maximum atomic E-state index is 11.8. The molecule has 0 saturated heterocycles. The average Bonchev–Trinajstić information content (AvgIpc) is 2.54. The highest BCUT2D eigenvalue weighted by atomic mass is 79.9. The third-order valence-corrected chi connectivity index (χ3v) is 3.43. The van der Waals surface area contributed by atoms with Crippen molar-refractivity contribution in [2.75, 3.05) is 6.61 Å². The van der Waals surface area contributed by atoms with E-state index in [9.17, 15) is 4.79 Å². The van der Waals surface area contributed by atoms with Gasteiger partial charge in [-0.3, -0.25) is 9.48 Å². The molecule has 0 bridgehead atoms. The van der Waals surface area contributed by atoms with Crippen molar-refractivity contribution in [1.82, 2.24) is 9.78 Å². The van der Waals surface area contributed by atoms with Crippen LogP contribution in [-0.4, -0.2) is 28.3 Å². The average molecular weight is 303 g/mol. The normalized spacial score (nSPS) is 11.2. The summed E-state index contributed by atoms with van der Waals surface area (Å²) in [6, 6.07) is 0. The van der Waals surface area contributed by atoms with Crippen LogP contribution in [-0.2, 0) is 22.5 Å². The van der Waals surface area contributed by atoms with E-state index >= 15 is 0 Å². The van der Waals surface area contributed by atoms with Gasteiger partial charge in [0.2, 0.25) is 0 Å². The third-order valence-electron chi connectivity index (χ3n) is 2.40. The molecule has 0 spiro atoms. The van der Waals surface area contributed by atoms with Crippen LogP contribution in [0.3, 0.4) is 0 Å². The topological polar surface area (TPSA) is 44.1 Å². The van der Waals surface area contributed by atoms with Gasteiger partial charge in [0.25, 0.3) is 0 Å². The number of ether oxygens (including phenoxy) is 1. The van der Waals surface area contributed by atoms with Crippen molar-refractivity contribution in [1.29, 1.82) is 0 Å². The van der Waals surface area contributed by atoms with E-state index in [4.69, 9.17) is 4.74 Å². The van der Waals surface area contributed by atoms with Crippen LogP contribution in [0.5, 0.6) is 0 Å². The first-order valence-corrected chi connectivity index (χ1v) is 6.60. The first-order chi connectivity index (χ1) is 7.95. The first kappa shape index (κ1) is 14.4. The number of Topliss-reactive ketones (excluding diaryl/α,β-unsaturated/α-hetero) is 1. The number of halogens is 1. The van der Waals surface area contributed by atoms with Gasteiger partial charge in [0, 0.05) is 6.54 Å². The zero-order chi connectivity index (χ0) is 13.0. The van der Waals surface area contributed by atoms with Gasteiger partial charge in [-0.05, 0) is 43.6 Å². The number of nitrogens with zero attached hydrogens (tertiary/aromatic N) is 2. The second kappa shape index (κ2) is 6.31. The molecule has 0 aliphatic rings. The lowest BCUT2D eigenvalue weighted by atomic mass is 10.2. The first-order valence-electron chi connectivity index (χ1n) is 5.80. The second-order valence-electron chi connectivity index (χ2n) is 4.24. The maximum absolute atomic E-state index is 11.8. The predicted octanol–water partition coefficient (Wildman–Crippen LogP) is 2.51. The summed E-state index contributed by atoms with van der Waals surface area (Å²) in [6.07, 6.45) is 0.447. The van der Waals surface area contributed by atoms with Crippen LogP contribution >= 0.6 is 15.9 Å². The molecule has 0 fully saturated rings. The minimum Gasteiger partial charge on any atom is -0.371 e. The zero-order valence-electron chi connectivity index (χ0n) is 10.8. The summed E-state index contributed by atoms with van der Waals surface area (Å²) in [5.74, 6) is 0.0778. The van der Waals surface area contributed by atoms with Gasteiger partial charge in [0.05, 0.1) is 28.4 Å². The summed E-state index contributed by atoms with van der Waals surface area (Å²) in [5.41, 5.74) is 1.85. The Hall–Kier alpha value is -0.680. The molecule has 0 aliphatic carbocycles. The lowest BCUT2D eigenvalue weighted by molar-refractivity contribution is -0.124. The zero-order valence-corrected chi connectivity index (χ0v) is 12.4. The molecule has 0 amide bonds. The van der Waals surface area contributed by atoms with Gasteiger partial charge in [-0.2, -0.15) is 5.10 Å².